The van der Waals surface area contributed by atoms with Crippen molar-refractivity contribution in [2.45, 2.75) is 174 Å². The second-order valence-electron chi connectivity index (χ2n) is 13.1. The molecular weight excluding hydrogens is 665 g/mol. The minimum atomic E-state index is -4.28. The summed E-state index contributed by atoms with van der Waals surface area (Å²) in [6, 6.07) is 0. The highest BCUT2D eigenvalue weighted by Crippen LogP contribution is 2.36. The predicted molar refractivity (Wildman–Crippen MR) is 209 cm³/mol. The Morgan fingerprint density at radius 3 is 1.51 bits per heavy atom. The molecule has 294 valence electrons. The highest BCUT2D eigenvalue weighted by atomic mass is 31.2. The van der Waals surface area contributed by atoms with Crippen LogP contribution in [0.25, 0.3) is 0 Å². The molecule has 0 fully saturated rings. The minimum absolute atomic E-state index is 0.196. The van der Waals surface area contributed by atoms with E-state index in [2.05, 4.69) is 67.5 Å². The van der Waals surface area contributed by atoms with Gasteiger partial charge in [0, 0.05) is 12.8 Å². The molecule has 0 saturated heterocycles. The van der Waals surface area contributed by atoms with Crippen LogP contribution in [-0.2, 0) is 32.9 Å². The lowest BCUT2D eigenvalue weighted by Gasteiger charge is -2.20. The van der Waals surface area contributed by atoms with E-state index >= 15 is 0 Å². The number of carbonyl (C=O) groups excluding carboxylic acids is 3. The van der Waals surface area contributed by atoms with Crippen LogP contribution in [0, 0.1) is 0 Å². The van der Waals surface area contributed by atoms with Crippen molar-refractivity contribution < 1.29 is 37.8 Å². The molecule has 0 aliphatic rings. The molecule has 2 atom stereocenters. The fourth-order valence-electron chi connectivity index (χ4n) is 5.16. The van der Waals surface area contributed by atoms with Crippen LogP contribution in [0.4, 0.5) is 0 Å². The van der Waals surface area contributed by atoms with E-state index in [-0.39, 0.29) is 26.0 Å². The molecule has 10 heteroatoms. The maximum absolute atomic E-state index is 12.5. The van der Waals surface area contributed by atoms with Crippen molar-refractivity contribution in [3.05, 3.63) is 48.6 Å². The first-order chi connectivity index (χ1) is 24.8. The van der Waals surface area contributed by atoms with Crippen molar-refractivity contribution in [3.63, 3.8) is 0 Å². The van der Waals surface area contributed by atoms with E-state index in [0.29, 0.717) is 19.1 Å². The van der Waals surface area contributed by atoms with Crippen LogP contribution in [-0.4, -0.2) is 49.0 Å². The summed E-state index contributed by atoms with van der Waals surface area (Å²) in [6.07, 6.45) is 41.5. The minimum Gasteiger partial charge on any atom is -0.462 e. The Labute approximate surface area is 310 Å². The Morgan fingerprint density at radius 1 is 0.608 bits per heavy atom. The van der Waals surface area contributed by atoms with E-state index in [0.717, 1.165) is 77.0 Å². The molecule has 0 radical (unpaired) electrons. The first-order valence-corrected chi connectivity index (χ1v) is 21.5. The number of nitrogens with one attached hydrogen (secondary N) is 1. The van der Waals surface area contributed by atoms with Crippen molar-refractivity contribution in [1.82, 2.24) is 5.09 Å². The van der Waals surface area contributed by atoms with Gasteiger partial charge in [-0.1, -0.05) is 127 Å². The highest BCUT2D eigenvalue weighted by Gasteiger charge is 2.24. The molecule has 0 saturated carbocycles. The number of rotatable bonds is 37. The van der Waals surface area contributed by atoms with E-state index in [4.69, 9.17) is 14.0 Å². The number of allylic oxidation sites excluding steroid dienone is 8. The van der Waals surface area contributed by atoms with Gasteiger partial charge in [0.1, 0.15) is 12.9 Å². The van der Waals surface area contributed by atoms with Crippen molar-refractivity contribution in [2.24, 2.45) is 0 Å². The summed E-state index contributed by atoms with van der Waals surface area (Å²) in [4.78, 5) is 45.3. The molecule has 0 aliphatic carbocycles. The summed E-state index contributed by atoms with van der Waals surface area (Å²) in [5.41, 5.74) is 0. The van der Waals surface area contributed by atoms with E-state index < -0.39 is 32.4 Å². The zero-order valence-electron chi connectivity index (χ0n) is 32.1. The largest absolute Gasteiger partial charge is 0.462 e. The number of ether oxygens (including phenoxy) is 2. The average Bonchev–Trinajstić information content (AvgIpc) is 3.11. The molecule has 0 amide bonds. The summed E-state index contributed by atoms with van der Waals surface area (Å²) in [6.45, 7) is 3.34. The number of aldehydes is 1. The summed E-state index contributed by atoms with van der Waals surface area (Å²) in [5.74, 6) is -0.894. The molecule has 2 N–H and O–H groups in total. The summed E-state index contributed by atoms with van der Waals surface area (Å²) in [7, 11) is -4.28. The maximum atomic E-state index is 12.5. The van der Waals surface area contributed by atoms with Gasteiger partial charge in [0.15, 0.2) is 6.10 Å². The van der Waals surface area contributed by atoms with Crippen molar-refractivity contribution >= 4 is 26.0 Å². The van der Waals surface area contributed by atoms with Gasteiger partial charge in [-0.05, 0) is 77.0 Å². The third kappa shape index (κ3) is 37.3. The molecule has 0 aliphatic heterocycles. The number of hydrogen-bond donors (Lipinski definition) is 2. The standard InChI is InChI=1S/C41H72NO8P/c1-3-5-7-9-11-13-15-17-19-21-23-25-27-29-31-33-40(44)48-37-39(38-49-51(46,47)42-35-36-43)50-41(45)34-32-30-28-26-24-22-20-18-16-14-12-10-8-6-4-2/h11-14,17-20,36,39H,3-10,15-16,21-35,37-38H2,1-2H3,(H2,42,46,47)/b13-11-,14-12-,19-17-,20-18-/t39-/m1/s1. The number of carbonyl (C=O) groups is 3. The first-order valence-electron chi connectivity index (χ1n) is 20.0. The average molecular weight is 738 g/mol. The Morgan fingerprint density at radius 2 is 1.04 bits per heavy atom. The van der Waals surface area contributed by atoms with Gasteiger partial charge in [-0.15, -0.1) is 0 Å². The van der Waals surface area contributed by atoms with Gasteiger partial charge in [-0.2, -0.15) is 0 Å². The number of esters is 2. The third-order valence-corrected chi connectivity index (χ3v) is 9.28. The summed E-state index contributed by atoms with van der Waals surface area (Å²) in [5, 5.41) is 2.10. The van der Waals surface area contributed by atoms with Crippen LogP contribution < -0.4 is 5.09 Å². The molecule has 0 aromatic heterocycles. The number of unbranched alkanes of at least 4 members (excludes halogenated alkanes) is 16. The van der Waals surface area contributed by atoms with Gasteiger partial charge in [0.25, 0.3) is 0 Å². The topological polar surface area (TPSA) is 128 Å². The second-order valence-corrected chi connectivity index (χ2v) is 14.7. The third-order valence-electron chi connectivity index (χ3n) is 8.20. The van der Waals surface area contributed by atoms with Crippen molar-refractivity contribution in [1.29, 1.82) is 0 Å². The van der Waals surface area contributed by atoms with Crippen LogP contribution in [0.3, 0.4) is 0 Å². The zero-order chi connectivity index (χ0) is 37.5. The predicted octanol–water partition coefficient (Wildman–Crippen LogP) is 11.0. The molecule has 0 heterocycles. The van der Waals surface area contributed by atoms with Gasteiger partial charge in [0.05, 0.1) is 13.2 Å². The van der Waals surface area contributed by atoms with Gasteiger partial charge in [-0.25, -0.2) is 9.65 Å². The lowest BCUT2D eigenvalue weighted by Crippen LogP contribution is -2.30. The van der Waals surface area contributed by atoms with E-state index in [1.165, 1.54) is 51.4 Å². The van der Waals surface area contributed by atoms with Crippen LogP contribution >= 0.6 is 7.75 Å². The molecule has 0 aromatic carbocycles. The van der Waals surface area contributed by atoms with Crippen molar-refractivity contribution in [2.75, 3.05) is 19.8 Å². The Bertz CT molecular complexity index is 1010. The lowest BCUT2D eigenvalue weighted by molar-refractivity contribution is -0.161. The summed E-state index contributed by atoms with van der Waals surface area (Å²) >= 11 is 0. The highest BCUT2D eigenvalue weighted by molar-refractivity contribution is 7.50. The van der Waals surface area contributed by atoms with E-state index in [1.54, 1.807) is 0 Å². The van der Waals surface area contributed by atoms with E-state index in [9.17, 15) is 23.8 Å². The summed E-state index contributed by atoms with van der Waals surface area (Å²) < 4.78 is 27.9. The van der Waals surface area contributed by atoms with Gasteiger partial charge in [0.2, 0.25) is 0 Å². The SMILES string of the molecule is CCCCC/C=C\C/C=C\CCCCCCCC(=O)OC[C@H](COP(=O)(O)NCC=O)OC(=O)CCCCCCC/C=C\C/C=C\CCCCC. The van der Waals surface area contributed by atoms with Crippen LogP contribution in [0.2, 0.25) is 0 Å². The lowest BCUT2D eigenvalue weighted by atomic mass is 10.1. The molecule has 0 spiro atoms. The van der Waals surface area contributed by atoms with Crippen molar-refractivity contribution in [3.8, 4) is 0 Å². The van der Waals surface area contributed by atoms with Gasteiger partial charge < -0.3 is 19.2 Å². The maximum Gasteiger partial charge on any atom is 0.403 e. The second kappa shape index (κ2) is 37.4. The fourth-order valence-corrected chi connectivity index (χ4v) is 5.93. The van der Waals surface area contributed by atoms with Gasteiger partial charge in [-0.3, -0.25) is 14.1 Å². The first kappa shape index (κ1) is 48.7. The smallest absolute Gasteiger partial charge is 0.403 e. The van der Waals surface area contributed by atoms with Gasteiger partial charge >= 0.3 is 19.7 Å². The fraction of sp³-hybridized carbons (Fsp3) is 0.732. The molecule has 9 nitrogen and oxygen atoms in total. The monoisotopic (exact) mass is 737 g/mol. The van der Waals surface area contributed by atoms with Crippen LogP contribution in [0.1, 0.15) is 168 Å². The molecule has 51 heavy (non-hydrogen) atoms. The van der Waals surface area contributed by atoms with E-state index in [1.807, 2.05) is 0 Å². The quantitative estimate of drug-likeness (QED) is 0.0210. The zero-order valence-corrected chi connectivity index (χ0v) is 33.0. The molecule has 0 rings (SSSR count). The Hall–Kier alpha value is -2.32. The van der Waals surface area contributed by atoms with Crippen LogP contribution in [0.15, 0.2) is 48.6 Å². The number of hydrogen-bond acceptors (Lipinski definition) is 7. The Balaban J connectivity index is 4.26. The Kier molecular flexibility index (Phi) is 35.7. The molecule has 0 bridgehead atoms. The molecular formula is C41H72NO8P. The normalized spacial score (nSPS) is 13.8. The molecule has 1 unspecified atom stereocenters. The molecule has 0 aromatic rings. The van der Waals surface area contributed by atoms with Crippen LogP contribution in [0.5, 0.6) is 0 Å².